The molecule has 0 amide bonds. The number of aliphatic hydroxyl groups excluding tert-OH is 1. The molecule has 6 aliphatic rings. The van der Waals surface area contributed by atoms with E-state index in [1.54, 1.807) is 59.8 Å². The van der Waals surface area contributed by atoms with Crippen LogP contribution in [0.25, 0.3) is 0 Å². The van der Waals surface area contributed by atoms with Crippen LogP contribution in [0.1, 0.15) is 43.5 Å². The lowest BCUT2D eigenvalue weighted by molar-refractivity contribution is -0.304. The fourth-order valence-electron chi connectivity index (χ4n) is 12.5. The SMILES string of the molecule is CCO[C@]12C[C@H](OC)[C@]3(O)C[C@H]([C@@H]1[C@H]3OC(=O)c1ccc(OC)cc1)[C@@]13[C@@H](OC)C[C@@H](O)[C@@]4(COC)CN(CC)[C@@H]1[C@H]2[C@H](OC)[C@H]43. The van der Waals surface area contributed by atoms with Crippen molar-refractivity contribution in [1.82, 2.24) is 4.90 Å². The van der Waals surface area contributed by atoms with Crippen molar-refractivity contribution in [1.29, 1.82) is 0 Å². The van der Waals surface area contributed by atoms with Crippen molar-refractivity contribution in [3.63, 3.8) is 0 Å². The van der Waals surface area contributed by atoms with Crippen LogP contribution < -0.4 is 4.74 Å². The van der Waals surface area contributed by atoms with Crippen LogP contribution in [0.5, 0.6) is 5.75 Å². The Labute approximate surface area is 271 Å². The minimum Gasteiger partial charge on any atom is -0.497 e. The topological polar surface area (TPSA) is 125 Å². The van der Waals surface area contributed by atoms with E-state index >= 15 is 0 Å². The normalized spacial score (nSPS) is 48.4. The maximum Gasteiger partial charge on any atom is 0.338 e. The number of methoxy groups -OCH3 is 5. The van der Waals surface area contributed by atoms with Crippen molar-refractivity contribution in [3.05, 3.63) is 29.8 Å². The van der Waals surface area contributed by atoms with E-state index in [1.165, 1.54) is 0 Å². The van der Waals surface area contributed by atoms with Gasteiger partial charge in [-0.3, -0.25) is 4.90 Å². The van der Waals surface area contributed by atoms with Crippen molar-refractivity contribution in [3.8, 4) is 5.75 Å². The van der Waals surface area contributed by atoms with Gasteiger partial charge in [0, 0.05) is 89.1 Å². The summed E-state index contributed by atoms with van der Waals surface area (Å²) in [5.74, 6) is -0.750. The zero-order chi connectivity index (χ0) is 32.8. The van der Waals surface area contributed by atoms with Gasteiger partial charge in [-0.1, -0.05) is 6.92 Å². The number of likely N-dealkylation sites (tertiary alicyclic amines) is 1. The molecule has 0 unspecified atom stereocenters. The van der Waals surface area contributed by atoms with Gasteiger partial charge in [-0.05, 0) is 50.1 Å². The number of fused-ring (bicyclic) bond motifs is 2. The Balaban J connectivity index is 1.45. The van der Waals surface area contributed by atoms with E-state index in [2.05, 4.69) is 11.8 Å². The molecular formula is C35H51NO10. The highest BCUT2D eigenvalue weighted by Gasteiger charge is 2.90. The summed E-state index contributed by atoms with van der Waals surface area (Å²) in [5, 5.41) is 24.9. The standard InChI is InChI=1S/C35H51NO10/c1-8-36-17-32(18-40-3)22(37)14-23(42-5)35-21-15-33(39)24(43-6)16-34(45-9-2,26(29(35)36)27(44-7)28(32)35)25(21)30(33)46-31(38)19-10-12-20(41-4)13-11-19/h10-13,21-30,37,39H,8-9,14-18H2,1-7H3/t21-,22-,23+,24+,25-,26-,27+,28-,29-,30-,32+,33-,34-,35+/m1/s1. The van der Waals surface area contributed by atoms with Crippen LogP contribution in [0.2, 0.25) is 0 Å². The van der Waals surface area contributed by atoms with Crippen LogP contribution in [0, 0.1) is 34.5 Å². The molecule has 1 aromatic carbocycles. The maximum atomic E-state index is 13.9. The molecule has 5 saturated carbocycles. The lowest BCUT2D eigenvalue weighted by Gasteiger charge is -2.70. The van der Waals surface area contributed by atoms with E-state index < -0.39 is 46.3 Å². The number of benzene rings is 1. The Morgan fingerprint density at radius 2 is 1.70 bits per heavy atom. The molecule has 6 fully saturated rings. The van der Waals surface area contributed by atoms with Crippen LogP contribution in [0.4, 0.5) is 0 Å². The molecule has 7 rings (SSSR count). The molecule has 0 aromatic heterocycles. The van der Waals surface area contributed by atoms with Gasteiger partial charge >= 0.3 is 5.97 Å². The number of hydrogen-bond donors (Lipinski definition) is 2. The molecule has 1 aliphatic heterocycles. The molecule has 11 heteroatoms. The van der Waals surface area contributed by atoms with Crippen LogP contribution in [-0.4, -0.2) is 131 Å². The van der Waals surface area contributed by atoms with Gasteiger partial charge in [0.25, 0.3) is 0 Å². The van der Waals surface area contributed by atoms with Crippen molar-refractivity contribution in [2.24, 2.45) is 34.5 Å². The number of nitrogens with zero attached hydrogens (tertiary/aromatic N) is 1. The molecule has 1 aromatic rings. The minimum absolute atomic E-state index is 0.0152. The first-order valence-corrected chi connectivity index (χ1v) is 16.8. The highest BCUT2D eigenvalue weighted by molar-refractivity contribution is 5.89. The van der Waals surface area contributed by atoms with E-state index in [4.69, 9.17) is 33.2 Å². The molecule has 1 heterocycles. The third-order valence-electron chi connectivity index (χ3n) is 13.5. The Kier molecular flexibility index (Phi) is 8.08. The van der Waals surface area contributed by atoms with Gasteiger partial charge < -0.3 is 43.4 Å². The number of rotatable bonds is 11. The number of hydrogen-bond acceptors (Lipinski definition) is 11. The molecule has 5 aliphatic carbocycles. The first-order valence-electron chi connectivity index (χ1n) is 16.8. The summed E-state index contributed by atoms with van der Waals surface area (Å²) in [5.41, 5.74) is -3.11. The predicted octanol–water partition coefficient (Wildman–Crippen LogP) is 2.16. The molecule has 11 nitrogen and oxygen atoms in total. The van der Waals surface area contributed by atoms with Crippen LogP contribution >= 0.6 is 0 Å². The number of aliphatic hydroxyl groups is 2. The Morgan fingerprint density at radius 1 is 0.978 bits per heavy atom. The number of ether oxygens (including phenoxy) is 7. The van der Waals surface area contributed by atoms with Gasteiger partial charge in [0.15, 0.2) is 0 Å². The number of esters is 1. The van der Waals surface area contributed by atoms with Crippen molar-refractivity contribution < 1.29 is 48.2 Å². The second-order valence-electron chi connectivity index (χ2n) is 14.6. The lowest BCUT2D eigenvalue weighted by atomic mass is 9.42. The minimum atomic E-state index is -1.46. The van der Waals surface area contributed by atoms with Crippen LogP contribution in [-0.2, 0) is 28.4 Å². The fourth-order valence-corrected chi connectivity index (χ4v) is 12.5. The highest BCUT2D eigenvalue weighted by atomic mass is 16.6. The fraction of sp³-hybridized carbons (Fsp3) is 0.800. The second-order valence-corrected chi connectivity index (χ2v) is 14.6. The Hall–Kier alpha value is -1.83. The predicted molar refractivity (Wildman–Crippen MR) is 165 cm³/mol. The first-order chi connectivity index (χ1) is 22.1. The molecular weight excluding hydrogens is 594 g/mol. The second kappa shape index (κ2) is 11.4. The molecule has 1 saturated heterocycles. The zero-order valence-corrected chi connectivity index (χ0v) is 28.1. The van der Waals surface area contributed by atoms with E-state index in [-0.39, 0.29) is 41.9 Å². The number of piperidine rings is 1. The number of carbonyl (C=O) groups is 1. The lowest BCUT2D eigenvalue weighted by Crippen LogP contribution is -2.79. The smallest absolute Gasteiger partial charge is 0.338 e. The summed E-state index contributed by atoms with van der Waals surface area (Å²) in [6, 6.07) is 6.79. The summed E-state index contributed by atoms with van der Waals surface area (Å²) >= 11 is 0. The monoisotopic (exact) mass is 645 g/mol. The molecule has 256 valence electrons. The van der Waals surface area contributed by atoms with Gasteiger partial charge in [0.1, 0.15) is 17.5 Å². The highest BCUT2D eigenvalue weighted by Crippen LogP contribution is 2.80. The summed E-state index contributed by atoms with van der Waals surface area (Å²) < 4.78 is 44.0. The van der Waals surface area contributed by atoms with E-state index in [0.717, 1.165) is 6.54 Å². The van der Waals surface area contributed by atoms with E-state index in [0.29, 0.717) is 50.3 Å². The van der Waals surface area contributed by atoms with Gasteiger partial charge in [0.05, 0.1) is 49.3 Å². The molecule has 0 radical (unpaired) electrons. The average molecular weight is 646 g/mol. The third kappa shape index (κ3) is 3.80. The molecule has 1 spiro atoms. The molecule has 2 N–H and O–H groups in total. The molecule has 14 atom stereocenters. The summed E-state index contributed by atoms with van der Waals surface area (Å²) in [6.45, 7) is 6.38. The van der Waals surface area contributed by atoms with Crippen molar-refractivity contribution in [2.45, 2.75) is 80.9 Å². The van der Waals surface area contributed by atoms with E-state index in [1.807, 2.05) is 6.92 Å². The summed E-state index contributed by atoms with van der Waals surface area (Å²) in [6.07, 6.45) is -1.63. The zero-order valence-electron chi connectivity index (χ0n) is 28.1. The van der Waals surface area contributed by atoms with Gasteiger partial charge in [-0.15, -0.1) is 0 Å². The first kappa shape index (κ1) is 32.7. The van der Waals surface area contributed by atoms with Crippen LogP contribution in [0.15, 0.2) is 24.3 Å². The van der Waals surface area contributed by atoms with Crippen molar-refractivity contribution in [2.75, 3.05) is 61.9 Å². The Bertz CT molecular complexity index is 1310. The Morgan fingerprint density at radius 3 is 2.28 bits per heavy atom. The molecule has 46 heavy (non-hydrogen) atoms. The summed E-state index contributed by atoms with van der Waals surface area (Å²) in [4.78, 5) is 16.4. The quantitative estimate of drug-likeness (QED) is 0.344. The van der Waals surface area contributed by atoms with Crippen LogP contribution in [0.3, 0.4) is 0 Å². The van der Waals surface area contributed by atoms with Gasteiger partial charge in [-0.25, -0.2) is 4.79 Å². The van der Waals surface area contributed by atoms with E-state index in [9.17, 15) is 15.0 Å². The van der Waals surface area contributed by atoms with Crippen molar-refractivity contribution >= 4 is 5.97 Å². The largest absolute Gasteiger partial charge is 0.497 e. The third-order valence-corrected chi connectivity index (χ3v) is 13.5. The number of carbonyl (C=O) groups excluding carboxylic acids is 1. The average Bonchev–Trinajstić information content (AvgIpc) is 3.43. The van der Waals surface area contributed by atoms with Gasteiger partial charge in [0.2, 0.25) is 0 Å². The molecule has 7 bridgehead atoms. The summed E-state index contributed by atoms with van der Waals surface area (Å²) in [7, 11) is 8.39. The van der Waals surface area contributed by atoms with Gasteiger partial charge in [-0.2, -0.15) is 0 Å². The maximum absolute atomic E-state index is 13.9.